The van der Waals surface area contributed by atoms with Crippen molar-refractivity contribution in [2.45, 2.75) is 0 Å². The zero-order valence-corrected chi connectivity index (χ0v) is 10.6. The topological polar surface area (TPSA) is 88.2 Å². The molecule has 8 heteroatoms. The molecule has 0 aliphatic carbocycles. The third-order valence-corrected chi connectivity index (χ3v) is 2.72. The van der Waals surface area contributed by atoms with Gasteiger partial charge in [-0.05, 0) is 12.1 Å². The summed E-state index contributed by atoms with van der Waals surface area (Å²) in [6.07, 6.45) is 1.11. The van der Waals surface area contributed by atoms with Crippen molar-refractivity contribution in [3.8, 4) is 0 Å². The Balaban J connectivity index is 2.41. The number of halogens is 3. The number of hydrogen-bond acceptors (Lipinski definition) is 4. The molecule has 1 aromatic heterocycles. The van der Waals surface area contributed by atoms with E-state index in [1.165, 1.54) is 0 Å². The number of carboxylic acids is 1. The van der Waals surface area contributed by atoms with E-state index in [4.69, 9.17) is 22.4 Å². The number of nitrogen functional groups attached to an aromatic ring is 1. The van der Waals surface area contributed by atoms with Crippen molar-refractivity contribution in [1.29, 1.82) is 0 Å². The van der Waals surface area contributed by atoms with Crippen molar-refractivity contribution in [2.24, 2.45) is 0 Å². The van der Waals surface area contributed by atoms with E-state index in [-0.39, 0.29) is 27.8 Å². The first kappa shape index (κ1) is 14.0. The number of aromatic nitrogens is 1. The molecule has 0 spiro atoms. The standard InChI is InChI=1S/C12H8ClF2N3O2/c13-7-1-5(14)2-8(15)11(7)18-10-3-6(12(19)20)9(16)4-17-10/h1-4H,16H2,(H,17,18)(H,19,20). The molecule has 0 saturated carbocycles. The monoisotopic (exact) mass is 299 g/mol. The van der Waals surface area contributed by atoms with E-state index in [2.05, 4.69) is 10.3 Å². The summed E-state index contributed by atoms with van der Waals surface area (Å²) in [6, 6.07) is 2.68. The van der Waals surface area contributed by atoms with Crippen LogP contribution in [0, 0.1) is 11.6 Å². The SMILES string of the molecule is Nc1cnc(Nc2c(F)cc(F)cc2Cl)cc1C(=O)O. The van der Waals surface area contributed by atoms with Gasteiger partial charge < -0.3 is 16.2 Å². The molecule has 0 atom stereocenters. The van der Waals surface area contributed by atoms with Gasteiger partial charge in [-0.2, -0.15) is 0 Å². The van der Waals surface area contributed by atoms with Gasteiger partial charge in [0, 0.05) is 6.07 Å². The first-order chi connectivity index (χ1) is 9.38. The summed E-state index contributed by atoms with van der Waals surface area (Å²) in [5.74, 6) is -2.98. The summed E-state index contributed by atoms with van der Waals surface area (Å²) in [4.78, 5) is 14.7. The Hall–Kier alpha value is -2.41. The molecule has 0 unspecified atom stereocenters. The summed E-state index contributed by atoms with van der Waals surface area (Å²) < 4.78 is 26.5. The van der Waals surface area contributed by atoms with Crippen molar-refractivity contribution >= 4 is 34.8 Å². The number of aromatic carboxylic acids is 1. The smallest absolute Gasteiger partial charge is 0.337 e. The molecule has 0 radical (unpaired) electrons. The number of nitrogens with zero attached hydrogens (tertiary/aromatic N) is 1. The summed E-state index contributed by atoms with van der Waals surface area (Å²) in [7, 11) is 0. The molecular weight excluding hydrogens is 292 g/mol. The zero-order chi connectivity index (χ0) is 14.9. The number of hydrogen-bond donors (Lipinski definition) is 3. The summed E-state index contributed by atoms with van der Waals surface area (Å²) in [6.45, 7) is 0. The summed E-state index contributed by atoms with van der Waals surface area (Å²) >= 11 is 5.71. The molecule has 2 aromatic rings. The minimum atomic E-state index is -1.25. The van der Waals surface area contributed by atoms with E-state index in [0.29, 0.717) is 6.07 Å². The summed E-state index contributed by atoms with van der Waals surface area (Å²) in [5.41, 5.74) is 5.01. The van der Waals surface area contributed by atoms with Crippen molar-refractivity contribution < 1.29 is 18.7 Å². The largest absolute Gasteiger partial charge is 0.478 e. The average Bonchev–Trinajstić information content (AvgIpc) is 2.35. The lowest BCUT2D eigenvalue weighted by atomic mass is 10.2. The third kappa shape index (κ3) is 2.77. The lowest BCUT2D eigenvalue weighted by Crippen LogP contribution is -2.05. The average molecular weight is 300 g/mol. The molecule has 5 nitrogen and oxygen atoms in total. The maximum Gasteiger partial charge on any atom is 0.337 e. The molecule has 20 heavy (non-hydrogen) atoms. The number of nitrogens with one attached hydrogen (secondary N) is 1. The number of rotatable bonds is 3. The lowest BCUT2D eigenvalue weighted by Gasteiger charge is -2.10. The Morgan fingerprint density at radius 1 is 1.35 bits per heavy atom. The Kier molecular flexibility index (Phi) is 3.71. The summed E-state index contributed by atoms with van der Waals surface area (Å²) in [5, 5.41) is 11.2. The van der Waals surface area contributed by atoms with Gasteiger partial charge in [0.15, 0.2) is 5.82 Å². The highest BCUT2D eigenvalue weighted by atomic mass is 35.5. The van der Waals surface area contributed by atoms with Crippen LogP contribution in [0.15, 0.2) is 24.4 Å². The van der Waals surface area contributed by atoms with Crippen molar-refractivity contribution in [3.05, 3.63) is 46.6 Å². The molecule has 0 aliphatic rings. The van der Waals surface area contributed by atoms with E-state index < -0.39 is 17.6 Å². The number of pyridine rings is 1. The van der Waals surface area contributed by atoms with Crippen molar-refractivity contribution in [3.63, 3.8) is 0 Å². The molecule has 0 bridgehead atoms. The molecule has 2 rings (SSSR count). The fourth-order valence-corrected chi connectivity index (χ4v) is 1.75. The van der Waals surface area contributed by atoms with Crippen LogP contribution in [0.3, 0.4) is 0 Å². The van der Waals surface area contributed by atoms with Gasteiger partial charge in [-0.1, -0.05) is 11.6 Å². The van der Waals surface area contributed by atoms with Gasteiger partial charge in [0.05, 0.1) is 28.2 Å². The van der Waals surface area contributed by atoms with E-state index in [0.717, 1.165) is 18.3 Å². The van der Waals surface area contributed by atoms with Crippen LogP contribution in [-0.4, -0.2) is 16.1 Å². The van der Waals surface area contributed by atoms with Crippen LogP contribution in [0.5, 0.6) is 0 Å². The first-order valence-electron chi connectivity index (χ1n) is 5.29. The second-order valence-corrected chi connectivity index (χ2v) is 4.24. The zero-order valence-electron chi connectivity index (χ0n) is 9.82. The van der Waals surface area contributed by atoms with Crippen LogP contribution in [0.25, 0.3) is 0 Å². The van der Waals surface area contributed by atoms with Gasteiger partial charge in [-0.15, -0.1) is 0 Å². The van der Waals surface area contributed by atoms with Crippen LogP contribution in [0.4, 0.5) is 26.0 Å². The van der Waals surface area contributed by atoms with Gasteiger partial charge in [0.2, 0.25) is 0 Å². The third-order valence-electron chi connectivity index (χ3n) is 2.43. The predicted octanol–water partition coefficient (Wildman–Crippen LogP) is 3.04. The maximum atomic E-state index is 13.6. The van der Waals surface area contributed by atoms with Gasteiger partial charge in [-0.3, -0.25) is 0 Å². The van der Waals surface area contributed by atoms with Crippen LogP contribution >= 0.6 is 11.6 Å². The number of carbonyl (C=O) groups is 1. The first-order valence-corrected chi connectivity index (χ1v) is 5.66. The van der Waals surface area contributed by atoms with E-state index in [9.17, 15) is 13.6 Å². The van der Waals surface area contributed by atoms with E-state index in [1.807, 2.05) is 0 Å². The number of carboxylic acid groups (broad SMARTS) is 1. The molecular formula is C12H8ClF2N3O2. The highest BCUT2D eigenvalue weighted by Gasteiger charge is 2.13. The predicted molar refractivity (Wildman–Crippen MR) is 70.3 cm³/mol. The number of benzene rings is 1. The molecule has 1 aromatic carbocycles. The minimum Gasteiger partial charge on any atom is -0.478 e. The Bertz CT molecular complexity index is 671. The van der Waals surface area contributed by atoms with Crippen molar-refractivity contribution in [1.82, 2.24) is 4.98 Å². The molecule has 0 saturated heterocycles. The normalized spacial score (nSPS) is 10.3. The molecule has 4 N–H and O–H groups in total. The van der Waals surface area contributed by atoms with Gasteiger partial charge >= 0.3 is 5.97 Å². The molecule has 0 amide bonds. The van der Waals surface area contributed by atoms with Crippen molar-refractivity contribution in [2.75, 3.05) is 11.1 Å². The second-order valence-electron chi connectivity index (χ2n) is 3.83. The number of anilines is 3. The van der Waals surface area contributed by atoms with Crippen LogP contribution in [0.2, 0.25) is 5.02 Å². The van der Waals surface area contributed by atoms with Crippen LogP contribution in [0.1, 0.15) is 10.4 Å². The highest BCUT2D eigenvalue weighted by Crippen LogP contribution is 2.29. The fraction of sp³-hybridized carbons (Fsp3) is 0. The van der Waals surface area contributed by atoms with Gasteiger partial charge in [-0.25, -0.2) is 18.6 Å². The second kappa shape index (κ2) is 5.30. The molecule has 104 valence electrons. The fourth-order valence-electron chi connectivity index (χ4n) is 1.51. The van der Waals surface area contributed by atoms with Gasteiger partial charge in [0.1, 0.15) is 11.6 Å². The molecule has 0 fully saturated rings. The maximum absolute atomic E-state index is 13.6. The van der Waals surface area contributed by atoms with E-state index >= 15 is 0 Å². The molecule has 1 heterocycles. The van der Waals surface area contributed by atoms with Crippen LogP contribution in [-0.2, 0) is 0 Å². The quantitative estimate of drug-likeness (QED) is 0.810. The Morgan fingerprint density at radius 3 is 2.65 bits per heavy atom. The Morgan fingerprint density at radius 2 is 2.05 bits per heavy atom. The van der Waals surface area contributed by atoms with Gasteiger partial charge in [0.25, 0.3) is 0 Å². The van der Waals surface area contributed by atoms with E-state index in [1.54, 1.807) is 0 Å². The van der Waals surface area contributed by atoms with Crippen LogP contribution < -0.4 is 11.1 Å². The highest BCUT2D eigenvalue weighted by molar-refractivity contribution is 6.33. The minimum absolute atomic E-state index is 0.0176. The lowest BCUT2D eigenvalue weighted by molar-refractivity contribution is 0.0698. The Labute approximate surface area is 117 Å². The number of nitrogens with two attached hydrogens (primary N) is 1. The molecule has 0 aliphatic heterocycles.